The summed E-state index contributed by atoms with van der Waals surface area (Å²) in [5.41, 5.74) is -0.570. The number of thioether (sulfide) groups is 1. The first-order valence-electron chi connectivity index (χ1n) is 6.85. The number of amides is 1. The summed E-state index contributed by atoms with van der Waals surface area (Å²) in [5.74, 6) is 0.786. The summed E-state index contributed by atoms with van der Waals surface area (Å²) in [6.45, 7) is 7.12. The highest BCUT2D eigenvalue weighted by Crippen LogP contribution is 2.15. The number of hydrogen-bond donors (Lipinski definition) is 2. The average Bonchev–Trinajstić information content (AvgIpc) is 2.36. The van der Waals surface area contributed by atoms with Gasteiger partial charge in [0.05, 0.1) is 0 Å². The summed E-state index contributed by atoms with van der Waals surface area (Å²) < 4.78 is 26.8. The van der Waals surface area contributed by atoms with Gasteiger partial charge in [-0.25, -0.2) is 18.1 Å². The molecule has 1 aromatic rings. The number of hydrogen-bond acceptors (Lipinski definition) is 5. The molecule has 1 rings (SSSR count). The zero-order chi connectivity index (χ0) is 17.0. The molecule has 0 bridgehead atoms. The van der Waals surface area contributed by atoms with Crippen molar-refractivity contribution in [3.63, 3.8) is 0 Å². The molecule has 1 atom stereocenters. The van der Waals surface area contributed by atoms with Crippen molar-refractivity contribution in [2.24, 2.45) is 5.92 Å². The summed E-state index contributed by atoms with van der Waals surface area (Å²) in [6, 6.07) is 2.91. The van der Waals surface area contributed by atoms with E-state index in [0.29, 0.717) is 11.6 Å². The number of carbonyl (C=O) groups excluding carboxylic acids is 1. The Hall–Kier alpha value is -1.12. The van der Waals surface area contributed by atoms with Gasteiger partial charge in [-0.2, -0.15) is 11.8 Å². The molecule has 0 fully saturated rings. The Balaban J connectivity index is 2.81. The van der Waals surface area contributed by atoms with Crippen molar-refractivity contribution in [2.75, 3.05) is 17.3 Å². The highest BCUT2D eigenvalue weighted by Gasteiger charge is 2.22. The molecule has 0 aliphatic carbocycles. The average molecular weight is 345 g/mol. The first kappa shape index (κ1) is 18.9. The van der Waals surface area contributed by atoms with Crippen molar-refractivity contribution in [3.8, 4) is 0 Å². The molecule has 0 spiro atoms. The fourth-order valence-corrected chi connectivity index (χ4v) is 3.66. The van der Waals surface area contributed by atoms with E-state index < -0.39 is 15.6 Å². The van der Waals surface area contributed by atoms with Crippen LogP contribution in [0.5, 0.6) is 0 Å². The molecule has 8 heteroatoms. The van der Waals surface area contributed by atoms with Gasteiger partial charge in [-0.1, -0.05) is 6.92 Å². The molecule has 0 aliphatic heterocycles. The third kappa shape index (κ3) is 5.94. The zero-order valence-corrected chi connectivity index (χ0v) is 15.1. The molecule has 1 unspecified atom stereocenters. The fraction of sp³-hybridized carbons (Fsp3) is 0.571. The molecule has 22 heavy (non-hydrogen) atoms. The number of carbonyl (C=O) groups is 1. The largest absolute Gasteiger partial charge is 0.310 e. The van der Waals surface area contributed by atoms with Gasteiger partial charge in [-0.15, -0.1) is 0 Å². The lowest BCUT2D eigenvalue weighted by Gasteiger charge is -2.20. The smallest absolute Gasteiger partial charge is 0.242 e. The van der Waals surface area contributed by atoms with Gasteiger partial charge >= 0.3 is 0 Å². The Bertz CT molecular complexity index is 607. The van der Waals surface area contributed by atoms with Crippen LogP contribution < -0.4 is 10.0 Å². The molecule has 1 aromatic heterocycles. The molecule has 0 aliphatic rings. The number of sulfonamides is 1. The number of rotatable bonds is 6. The number of nitrogens with one attached hydrogen (secondary N) is 2. The maximum Gasteiger partial charge on any atom is 0.242 e. The van der Waals surface area contributed by atoms with Gasteiger partial charge in [0.1, 0.15) is 10.7 Å². The van der Waals surface area contributed by atoms with Gasteiger partial charge in [0, 0.05) is 23.4 Å². The maximum absolute atomic E-state index is 12.1. The lowest BCUT2D eigenvalue weighted by atomic mass is 10.1. The lowest BCUT2D eigenvalue weighted by Crippen LogP contribution is -2.40. The van der Waals surface area contributed by atoms with Crippen molar-refractivity contribution >= 4 is 33.5 Å². The number of aromatic nitrogens is 1. The Labute approximate surface area is 136 Å². The predicted molar refractivity (Wildman–Crippen MR) is 90.5 cm³/mol. The van der Waals surface area contributed by atoms with Gasteiger partial charge in [0.15, 0.2) is 0 Å². The van der Waals surface area contributed by atoms with Crippen LogP contribution in [0, 0.1) is 5.92 Å². The normalized spacial score (nSPS) is 13.7. The number of pyridine rings is 1. The SMILES string of the molecule is CSCC(C)C(=O)Nc1ccc(S(=O)(=O)NC(C)(C)C)cn1. The predicted octanol–water partition coefficient (Wildman–Crippen LogP) is 2.10. The Morgan fingerprint density at radius 3 is 2.45 bits per heavy atom. The molecular weight excluding hydrogens is 322 g/mol. The minimum absolute atomic E-state index is 0.0672. The van der Waals surface area contributed by atoms with Crippen LogP contribution in [0.15, 0.2) is 23.2 Å². The van der Waals surface area contributed by atoms with Crippen LogP contribution in [-0.2, 0) is 14.8 Å². The summed E-state index contributed by atoms with van der Waals surface area (Å²) in [6.07, 6.45) is 3.17. The molecular formula is C14H23N3O3S2. The van der Waals surface area contributed by atoms with Crippen LogP contribution in [-0.4, -0.2) is 36.9 Å². The van der Waals surface area contributed by atoms with Gasteiger partial charge in [-0.3, -0.25) is 4.79 Å². The molecule has 0 radical (unpaired) electrons. The van der Waals surface area contributed by atoms with Crippen LogP contribution in [0.4, 0.5) is 5.82 Å². The quantitative estimate of drug-likeness (QED) is 0.824. The van der Waals surface area contributed by atoms with E-state index in [1.54, 1.807) is 32.5 Å². The van der Waals surface area contributed by atoms with E-state index >= 15 is 0 Å². The van der Waals surface area contributed by atoms with E-state index in [2.05, 4.69) is 15.0 Å². The zero-order valence-electron chi connectivity index (χ0n) is 13.5. The molecule has 1 amide bonds. The molecule has 0 saturated heterocycles. The van der Waals surface area contributed by atoms with Crippen LogP contribution in [0.2, 0.25) is 0 Å². The van der Waals surface area contributed by atoms with Crippen molar-refractivity contribution in [1.82, 2.24) is 9.71 Å². The van der Waals surface area contributed by atoms with Crippen LogP contribution in [0.1, 0.15) is 27.7 Å². The third-order valence-electron chi connectivity index (χ3n) is 2.60. The van der Waals surface area contributed by atoms with Gasteiger partial charge < -0.3 is 5.32 Å². The van der Waals surface area contributed by atoms with Gasteiger partial charge in [-0.05, 0) is 39.2 Å². The third-order valence-corrected chi connectivity index (χ3v) is 5.18. The van der Waals surface area contributed by atoms with Gasteiger partial charge in [0.25, 0.3) is 0 Å². The topological polar surface area (TPSA) is 88.2 Å². The second-order valence-electron chi connectivity index (χ2n) is 6.08. The highest BCUT2D eigenvalue weighted by molar-refractivity contribution is 7.98. The first-order chi connectivity index (χ1) is 10.0. The summed E-state index contributed by atoms with van der Waals surface area (Å²) in [4.78, 5) is 15.9. The Kier molecular flexibility index (Phi) is 6.39. The van der Waals surface area contributed by atoms with E-state index in [9.17, 15) is 13.2 Å². The molecule has 0 saturated carbocycles. The standard InChI is InChI=1S/C14H23N3O3S2/c1-10(9-21-5)13(18)16-12-7-6-11(8-15-12)22(19,20)17-14(2,3)4/h6-8,10,17H,9H2,1-5H3,(H,15,16,18). The second kappa shape index (κ2) is 7.43. The van der Waals surface area contributed by atoms with Crippen molar-refractivity contribution in [3.05, 3.63) is 18.3 Å². The van der Waals surface area contributed by atoms with Crippen LogP contribution in [0.25, 0.3) is 0 Å². The number of anilines is 1. The van der Waals surface area contributed by atoms with Gasteiger partial charge in [0.2, 0.25) is 15.9 Å². The van der Waals surface area contributed by atoms with E-state index in [-0.39, 0.29) is 16.7 Å². The van der Waals surface area contributed by atoms with E-state index in [1.165, 1.54) is 18.3 Å². The molecule has 0 aromatic carbocycles. The summed E-state index contributed by atoms with van der Waals surface area (Å²) >= 11 is 1.59. The van der Waals surface area contributed by atoms with Crippen LogP contribution in [0.3, 0.4) is 0 Å². The minimum Gasteiger partial charge on any atom is -0.310 e. The van der Waals surface area contributed by atoms with Crippen molar-refractivity contribution < 1.29 is 13.2 Å². The molecule has 1 heterocycles. The number of nitrogens with zero attached hydrogens (tertiary/aromatic N) is 1. The van der Waals surface area contributed by atoms with E-state index in [4.69, 9.17) is 0 Å². The van der Waals surface area contributed by atoms with Crippen LogP contribution >= 0.6 is 11.8 Å². The van der Waals surface area contributed by atoms with Crippen molar-refractivity contribution in [2.45, 2.75) is 38.1 Å². The second-order valence-corrected chi connectivity index (χ2v) is 8.67. The molecule has 6 nitrogen and oxygen atoms in total. The fourth-order valence-electron chi connectivity index (χ4n) is 1.65. The highest BCUT2D eigenvalue weighted by atomic mass is 32.2. The monoisotopic (exact) mass is 345 g/mol. The van der Waals surface area contributed by atoms with E-state index in [1.807, 2.05) is 13.2 Å². The Morgan fingerprint density at radius 1 is 1.36 bits per heavy atom. The Morgan fingerprint density at radius 2 is 2.00 bits per heavy atom. The van der Waals surface area contributed by atoms with Crippen molar-refractivity contribution in [1.29, 1.82) is 0 Å². The molecule has 2 N–H and O–H groups in total. The summed E-state index contributed by atoms with van der Waals surface area (Å²) in [5, 5.41) is 2.67. The first-order valence-corrected chi connectivity index (χ1v) is 9.73. The van der Waals surface area contributed by atoms with E-state index in [0.717, 1.165) is 0 Å². The maximum atomic E-state index is 12.1. The lowest BCUT2D eigenvalue weighted by molar-refractivity contribution is -0.118. The summed E-state index contributed by atoms with van der Waals surface area (Å²) in [7, 11) is -3.62. The minimum atomic E-state index is -3.62. The molecule has 124 valence electrons.